The third-order valence-electron chi connectivity index (χ3n) is 4.82. The van der Waals surface area contributed by atoms with Crippen LogP contribution < -0.4 is 0 Å². The van der Waals surface area contributed by atoms with Gasteiger partial charge in [0.2, 0.25) is 11.7 Å². The number of piperidine rings is 1. The minimum absolute atomic E-state index is 0.0686. The zero-order chi connectivity index (χ0) is 16.6. The van der Waals surface area contributed by atoms with E-state index in [9.17, 15) is 0 Å². The standard InChI is InChI=1S/C17H22N4O3/c1-12-11-22-17(23-12)5-8-21(9-6-17)13(2)16-19-15(20-24-16)14-4-3-7-18-10-14/h3-4,7,10,12-13H,5-6,8-9,11H2,1-2H3/t12-,13+/m1/s1. The number of hydrogen-bond acceptors (Lipinski definition) is 7. The Bertz CT molecular complexity index is 682. The van der Waals surface area contributed by atoms with E-state index in [2.05, 4.69) is 33.9 Å². The second-order valence-corrected chi connectivity index (χ2v) is 6.56. The van der Waals surface area contributed by atoms with Gasteiger partial charge in [-0.2, -0.15) is 4.98 Å². The molecule has 0 amide bonds. The van der Waals surface area contributed by atoms with Gasteiger partial charge in [0.05, 0.1) is 18.8 Å². The lowest BCUT2D eigenvalue weighted by Crippen LogP contribution is -2.46. The molecule has 2 fully saturated rings. The van der Waals surface area contributed by atoms with Crippen molar-refractivity contribution in [1.82, 2.24) is 20.0 Å². The molecule has 0 unspecified atom stereocenters. The minimum Gasteiger partial charge on any atom is -0.347 e. The number of ether oxygens (including phenoxy) is 2. The van der Waals surface area contributed by atoms with E-state index >= 15 is 0 Å². The summed E-state index contributed by atoms with van der Waals surface area (Å²) in [4.78, 5) is 11.0. The van der Waals surface area contributed by atoms with Gasteiger partial charge < -0.3 is 14.0 Å². The van der Waals surface area contributed by atoms with Gasteiger partial charge in [-0.15, -0.1) is 0 Å². The van der Waals surface area contributed by atoms with Crippen molar-refractivity contribution < 1.29 is 14.0 Å². The molecule has 2 aromatic rings. The molecule has 4 rings (SSSR count). The van der Waals surface area contributed by atoms with E-state index in [4.69, 9.17) is 14.0 Å². The van der Waals surface area contributed by atoms with E-state index in [1.165, 1.54) is 0 Å². The maximum absolute atomic E-state index is 5.98. The summed E-state index contributed by atoms with van der Waals surface area (Å²) in [5.41, 5.74) is 0.860. The summed E-state index contributed by atoms with van der Waals surface area (Å²) in [7, 11) is 0. The van der Waals surface area contributed by atoms with Gasteiger partial charge in [0.1, 0.15) is 0 Å². The van der Waals surface area contributed by atoms with Crippen LogP contribution in [-0.4, -0.2) is 51.6 Å². The zero-order valence-corrected chi connectivity index (χ0v) is 14.0. The first-order chi connectivity index (χ1) is 11.7. The number of likely N-dealkylation sites (tertiary alicyclic amines) is 1. The van der Waals surface area contributed by atoms with Crippen molar-refractivity contribution in [3.63, 3.8) is 0 Å². The Balaban J connectivity index is 1.42. The van der Waals surface area contributed by atoms with Crippen molar-refractivity contribution in [2.45, 2.75) is 44.6 Å². The molecular weight excluding hydrogens is 308 g/mol. The topological polar surface area (TPSA) is 73.5 Å². The SMILES string of the molecule is C[C@@H]1COC2(CCN([C@@H](C)c3nc(-c4cccnc4)no3)CC2)O1. The molecule has 7 nitrogen and oxygen atoms in total. The highest BCUT2D eigenvalue weighted by Crippen LogP contribution is 2.36. The summed E-state index contributed by atoms with van der Waals surface area (Å²) < 4.78 is 17.3. The van der Waals surface area contributed by atoms with Crippen LogP contribution in [0.4, 0.5) is 0 Å². The van der Waals surface area contributed by atoms with Crippen LogP contribution in [-0.2, 0) is 9.47 Å². The Morgan fingerprint density at radius 1 is 1.33 bits per heavy atom. The summed E-state index contributed by atoms with van der Waals surface area (Å²) in [5.74, 6) is 0.826. The van der Waals surface area contributed by atoms with Gasteiger partial charge in [0.25, 0.3) is 0 Å². The summed E-state index contributed by atoms with van der Waals surface area (Å²) in [6.07, 6.45) is 5.38. The highest BCUT2D eigenvalue weighted by molar-refractivity contribution is 5.51. The third kappa shape index (κ3) is 2.94. The fourth-order valence-corrected chi connectivity index (χ4v) is 3.39. The van der Waals surface area contributed by atoms with Crippen LogP contribution in [0.25, 0.3) is 11.4 Å². The van der Waals surface area contributed by atoms with E-state index in [1.807, 2.05) is 12.1 Å². The normalized spacial score (nSPS) is 25.2. The number of rotatable bonds is 3. The van der Waals surface area contributed by atoms with Crippen LogP contribution in [0, 0.1) is 0 Å². The average molecular weight is 330 g/mol. The lowest BCUT2D eigenvalue weighted by molar-refractivity contribution is -0.196. The van der Waals surface area contributed by atoms with Gasteiger partial charge in [-0.1, -0.05) is 5.16 Å². The highest BCUT2D eigenvalue weighted by atomic mass is 16.7. The summed E-state index contributed by atoms with van der Waals surface area (Å²) in [5, 5.41) is 4.08. The lowest BCUT2D eigenvalue weighted by Gasteiger charge is -2.39. The molecule has 0 saturated carbocycles. The number of pyridine rings is 1. The van der Waals surface area contributed by atoms with E-state index in [1.54, 1.807) is 12.4 Å². The molecule has 2 saturated heterocycles. The Morgan fingerprint density at radius 3 is 2.83 bits per heavy atom. The molecule has 0 aliphatic carbocycles. The van der Waals surface area contributed by atoms with Gasteiger partial charge in [0, 0.05) is 43.9 Å². The predicted molar refractivity (Wildman–Crippen MR) is 86.0 cm³/mol. The first-order valence-corrected chi connectivity index (χ1v) is 8.45. The molecule has 0 radical (unpaired) electrons. The Morgan fingerprint density at radius 2 is 2.17 bits per heavy atom. The fraction of sp³-hybridized carbons (Fsp3) is 0.588. The van der Waals surface area contributed by atoms with E-state index in [-0.39, 0.29) is 17.9 Å². The largest absolute Gasteiger partial charge is 0.347 e. The molecule has 2 atom stereocenters. The Kier molecular flexibility index (Phi) is 4.07. The van der Waals surface area contributed by atoms with Crippen LogP contribution in [0.15, 0.2) is 29.0 Å². The zero-order valence-electron chi connectivity index (χ0n) is 14.0. The third-order valence-corrected chi connectivity index (χ3v) is 4.82. The quantitative estimate of drug-likeness (QED) is 0.855. The van der Waals surface area contributed by atoms with E-state index in [0.717, 1.165) is 31.5 Å². The molecule has 1 spiro atoms. The molecule has 128 valence electrons. The molecule has 2 aliphatic heterocycles. The molecule has 0 aromatic carbocycles. The maximum atomic E-state index is 5.98. The maximum Gasteiger partial charge on any atom is 0.244 e. The fourth-order valence-electron chi connectivity index (χ4n) is 3.39. The van der Waals surface area contributed by atoms with Crippen molar-refractivity contribution in [3.05, 3.63) is 30.4 Å². The number of nitrogens with zero attached hydrogens (tertiary/aromatic N) is 4. The lowest BCUT2D eigenvalue weighted by atomic mass is 10.0. The summed E-state index contributed by atoms with van der Waals surface area (Å²) >= 11 is 0. The van der Waals surface area contributed by atoms with Gasteiger partial charge >= 0.3 is 0 Å². The van der Waals surface area contributed by atoms with Crippen LogP contribution in [0.3, 0.4) is 0 Å². The number of aromatic nitrogens is 3. The summed E-state index contributed by atoms with van der Waals surface area (Å²) in [6.45, 7) is 6.62. The van der Waals surface area contributed by atoms with Gasteiger partial charge in [-0.25, -0.2) is 0 Å². The van der Waals surface area contributed by atoms with Crippen LogP contribution in [0.1, 0.15) is 38.6 Å². The van der Waals surface area contributed by atoms with Crippen molar-refractivity contribution in [3.8, 4) is 11.4 Å². The van der Waals surface area contributed by atoms with E-state index in [0.29, 0.717) is 18.3 Å². The predicted octanol–water partition coefficient (Wildman–Crippen LogP) is 2.42. The molecule has 24 heavy (non-hydrogen) atoms. The first kappa shape index (κ1) is 15.7. The molecule has 7 heteroatoms. The molecule has 2 aliphatic rings. The highest BCUT2D eigenvalue weighted by Gasteiger charge is 2.43. The van der Waals surface area contributed by atoms with Gasteiger partial charge in [-0.05, 0) is 26.0 Å². The van der Waals surface area contributed by atoms with Gasteiger partial charge in [0.15, 0.2) is 5.79 Å². The van der Waals surface area contributed by atoms with Crippen molar-refractivity contribution >= 4 is 0 Å². The molecule has 4 heterocycles. The van der Waals surface area contributed by atoms with Crippen LogP contribution in [0.5, 0.6) is 0 Å². The Labute approximate surface area is 141 Å². The smallest absolute Gasteiger partial charge is 0.244 e. The second kappa shape index (κ2) is 6.23. The monoisotopic (exact) mass is 330 g/mol. The molecule has 0 bridgehead atoms. The molecular formula is C17H22N4O3. The summed E-state index contributed by atoms with van der Waals surface area (Å²) in [6, 6.07) is 3.85. The number of hydrogen-bond donors (Lipinski definition) is 0. The minimum atomic E-state index is -0.384. The van der Waals surface area contributed by atoms with Crippen LogP contribution in [0.2, 0.25) is 0 Å². The van der Waals surface area contributed by atoms with Crippen molar-refractivity contribution in [2.75, 3.05) is 19.7 Å². The van der Waals surface area contributed by atoms with Crippen LogP contribution >= 0.6 is 0 Å². The van der Waals surface area contributed by atoms with E-state index < -0.39 is 0 Å². The molecule has 2 aromatic heterocycles. The van der Waals surface area contributed by atoms with Crippen molar-refractivity contribution in [1.29, 1.82) is 0 Å². The van der Waals surface area contributed by atoms with Gasteiger partial charge in [-0.3, -0.25) is 9.88 Å². The first-order valence-electron chi connectivity index (χ1n) is 8.45. The average Bonchev–Trinajstić information content (AvgIpc) is 3.24. The molecule has 0 N–H and O–H groups in total. The second-order valence-electron chi connectivity index (χ2n) is 6.56. The Hall–Kier alpha value is -1.83. The van der Waals surface area contributed by atoms with Crippen molar-refractivity contribution in [2.24, 2.45) is 0 Å².